The van der Waals surface area contributed by atoms with E-state index >= 15 is 0 Å². The maximum Gasteiger partial charge on any atom is 0.243 e. The minimum atomic E-state index is -3.42. The largest absolute Gasteiger partial charge is 0.497 e. The third-order valence-corrected chi connectivity index (χ3v) is 6.19. The predicted molar refractivity (Wildman–Crippen MR) is 86.7 cm³/mol. The first-order valence-electron chi connectivity index (χ1n) is 7.71. The smallest absolute Gasteiger partial charge is 0.243 e. The number of ether oxygens (including phenoxy) is 1. The number of rotatable bonds is 5. The van der Waals surface area contributed by atoms with Crippen LogP contribution in [0, 0.1) is 5.92 Å². The summed E-state index contributed by atoms with van der Waals surface area (Å²) in [5, 5.41) is 4.21. The molecule has 0 radical (unpaired) electrons. The van der Waals surface area contributed by atoms with Crippen molar-refractivity contribution in [1.29, 1.82) is 0 Å². The van der Waals surface area contributed by atoms with Gasteiger partial charge in [-0.25, -0.2) is 8.42 Å². The van der Waals surface area contributed by atoms with Crippen molar-refractivity contribution >= 4 is 10.0 Å². The van der Waals surface area contributed by atoms with Crippen LogP contribution in [-0.2, 0) is 16.6 Å². The molecule has 7 heteroatoms. The molecule has 1 saturated heterocycles. The van der Waals surface area contributed by atoms with E-state index in [4.69, 9.17) is 4.74 Å². The van der Waals surface area contributed by atoms with Crippen LogP contribution in [0.4, 0.5) is 0 Å². The van der Waals surface area contributed by atoms with Crippen LogP contribution < -0.4 is 4.74 Å². The van der Waals surface area contributed by atoms with Crippen LogP contribution in [0.25, 0.3) is 0 Å². The minimum Gasteiger partial charge on any atom is -0.497 e. The van der Waals surface area contributed by atoms with Crippen molar-refractivity contribution in [3.8, 4) is 5.75 Å². The topological polar surface area (TPSA) is 64.4 Å². The van der Waals surface area contributed by atoms with Crippen molar-refractivity contribution in [3.63, 3.8) is 0 Å². The van der Waals surface area contributed by atoms with Crippen LogP contribution in [0.15, 0.2) is 47.6 Å². The summed E-state index contributed by atoms with van der Waals surface area (Å²) in [7, 11) is -1.85. The van der Waals surface area contributed by atoms with E-state index in [1.807, 2.05) is 16.9 Å². The first kappa shape index (κ1) is 16.0. The Morgan fingerprint density at radius 3 is 2.48 bits per heavy atom. The number of hydrogen-bond donors (Lipinski definition) is 0. The quantitative estimate of drug-likeness (QED) is 0.838. The summed E-state index contributed by atoms with van der Waals surface area (Å²) in [5.74, 6) is 1.12. The summed E-state index contributed by atoms with van der Waals surface area (Å²) in [5.41, 5.74) is 0. The molecular formula is C16H21N3O3S. The van der Waals surface area contributed by atoms with Crippen molar-refractivity contribution in [1.82, 2.24) is 14.1 Å². The Labute approximate surface area is 136 Å². The fraction of sp³-hybridized carbons (Fsp3) is 0.438. The molecule has 3 rings (SSSR count). The number of hydrogen-bond acceptors (Lipinski definition) is 4. The molecule has 0 N–H and O–H groups in total. The second-order valence-electron chi connectivity index (χ2n) is 5.75. The van der Waals surface area contributed by atoms with Crippen LogP contribution in [0.5, 0.6) is 5.75 Å². The van der Waals surface area contributed by atoms with Crippen molar-refractivity contribution in [2.75, 3.05) is 20.2 Å². The van der Waals surface area contributed by atoms with Gasteiger partial charge in [-0.15, -0.1) is 0 Å². The van der Waals surface area contributed by atoms with Gasteiger partial charge in [-0.05, 0) is 49.1 Å². The molecule has 1 aliphatic rings. The Bertz CT molecular complexity index is 718. The summed E-state index contributed by atoms with van der Waals surface area (Å²) in [6.07, 6.45) is 5.42. The molecule has 0 atom stereocenters. The average molecular weight is 335 g/mol. The zero-order valence-electron chi connectivity index (χ0n) is 13.1. The lowest BCUT2D eigenvalue weighted by atomic mass is 9.98. The molecule has 124 valence electrons. The van der Waals surface area contributed by atoms with Gasteiger partial charge in [0, 0.05) is 32.0 Å². The normalized spacial score (nSPS) is 17.3. The molecule has 1 aromatic carbocycles. The Balaban J connectivity index is 1.63. The molecule has 1 fully saturated rings. The van der Waals surface area contributed by atoms with Gasteiger partial charge in [0.1, 0.15) is 5.75 Å². The second-order valence-corrected chi connectivity index (χ2v) is 7.69. The lowest BCUT2D eigenvalue weighted by Crippen LogP contribution is -2.39. The summed E-state index contributed by atoms with van der Waals surface area (Å²) >= 11 is 0. The zero-order chi connectivity index (χ0) is 16.3. The Hall–Kier alpha value is -1.86. The maximum absolute atomic E-state index is 12.7. The van der Waals surface area contributed by atoms with Crippen LogP contribution in [0.3, 0.4) is 0 Å². The molecule has 0 amide bonds. The Morgan fingerprint density at radius 2 is 1.91 bits per heavy atom. The number of methoxy groups -OCH3 is 1. The van der Waals surface area contributed by atoms with E-state index in [0.29, 0.717) is 29.7 Å². The highest BCUT2D eigenvalue weighted by Gasteiger charge is 2.29. The Kier molecular flexibility index (Phi) is 4.68. The fourth-order valence-electron chi connectivity index (χ4n) is 2.90. The van der Waals surface area contributed by atoms with Crippen molar-refractivity contribution < 1.29 is 13.2 Å². The monoisotopic (exact) mass is 335 g/mol. The summed E-state index contributed by atoms with van der Waals surface area (Å²) in [4.78, 5) is 0.323. The van der Waals surface area contributed by atoms with Gasteiger partial charge >= 0.3 is 0 Å². The van der Waals surface area contributed by atoms with Gasteiger partial charge in [-0.2, -0.15) is 9.40 Å². The SMILES string of the molecule is COc1ccc(S(=O)(=O)N2CCC(Cn3cccn3)CC2)cc1. The fourth-order valence-corrected chi connectivity index (χ4v) is 4.37. The summed E-state index contributed by atoms with van der Waals surface area (Å²) in [6.45, 7) is 1.96. The van der Waals surface area contributed by atoms with Gasteiger partial charge in [0.2, 0.25) is 10.0 Å². The van der Waals surface area contributed by atoms with Gasteiger partial charge in [-0.3, -0.25) is 4.68 Å². The zero-order valence-corrected chi connectivity index (χ0v) is 13.9. The Morgan fingerprint density at radius 1 is 1.22 bits per heavy atom. The molecule has 0 saturated carbocycles. The van der Waals surface area contributed by atoms with Crippen molar-refractivity contribution in [3.05, 3.63) is 42.7 Å². The molecule has 0 spiro atoms. The van der Waals surface area contributed by atoms with E-state index in [1.54, 1.807) is 41.9 Å². The molecular weight excluding hydrogens is 314 g/mol. The number of benzene rings is 1. The van der Waals surface area contributed by atoms with Gasteiger partial charge in [-0.1, -0.05) is 0 Å². The molecule has 6 nitrogen and oxygen atoms in total. The van der Waals surface area contributed by atoms with E-state index in [9.17, 15) is 8.42 Å². The first-order valence-corrected chi connectivity index (χ1v) is 9.15. The van der Waals surface area contributed by atoms with Crippen molar-refractivity contribution in [2.24, 2.45) is 5.92 Å². The van der Waals surface area contributed by atoms with E-state index in [-0.39, 0.29) is 0 Å². The first-order chi connectivity index (χ1) is 11.1. The molecule has 0 aliphatic carbocycles. The van der Waals surface area contributed by atoms with Crippen LogP contribution in [0.1, 0.15) is 12.8 Å². The number of nitrogens with zero attached hydrogens (tertiary/aromatic N) is 3. The molecule has 23 heavy (non-hydrogen) atoms. The van der Waals surface area contributed by atoms with E-state index < -0.39 is 10.0 Å². The molecule has 2 aromatic rings. The molecule has 0 unspecified atom stereocenters. The lowest BCUT2D eigenvalue weighted by Gasteiger charge is -2.31. The van der Waals surface area contributed by atoms with Gasteiger partial charge in [0.05, 0.1) is 12.0 Å². The number of piperidine rings is 1. The average Bonchev–Trinajstić information content (AvgIpc) is 3.08. The molecule has 0 bridgehead atoms. The number of aromatic nitrogens is 2. The third-order valence-electron chi connectivity index (χ3n) is 4.28. The predicted octanol–water partition coefficient (Wildman–Crippen LogP) is 1.99. The van der Waals surface area contributed by atoms with Crippen LogP contribution in [0.2, 0.25) is 0 Å². The molecule has 1 aromatic heterocycles. The maximum atomic E-state index is 12.7. The van der Waals surface area contributed by atoms with Crippen LogP contribution >= 0.6 is 0 Å². The van der Waals surface area contributed by atoms with Crippen LogP contribution in [-0.4, -0.2) is 42.7 Å². The standard InChI is InChI=1S/C16H21N3O3S/c1-22-15-3-5-16(6-4-15)23(20,21)19-11-7-14(8-12-19)13-18-10-2-9-17-18/h2-6,9-10,14H,7-8,11-13H2,1H3. The van der Waals surface area contributed by atoms with Crippen molar-refractivity contribution in [2.45, 2.75) is 24.3 Å². The minimum absolute atomic E-state index is 0.323. The molecule has 1 aliphatic heterocycles. The summed E-state index contributed by atoms with van der Waals surface area (Å²) < 4.78 is 33.9. The highest BCUT2D eigenvalue weighted by molar-refractivity contribution is 7.89. The van der Waals surface area contributed by atoms with Gasteiger partial charge in [0.15, 0.2) is 0 Å². The van der Waals surface area contributed by atoms with Gasteiger partial charge < -0.3 is 4.74 Å². The molecule has 2 heterocycles. The van der Waals surface area contributed by atoms with E-state index in [2.05, 4.69) is 5.10 Å². The van der Waals surface area contributed by atoms with Gasteiger partial charge in [0.25, 0.3) is 0 Å². The highest BCUT2D eigenvalue weighted by atomic mass is 32.2. The lowest BCUT2D eigenvalue weighted by molar-refractivity contribution is 0.247. The highest BCUT2D eigenvalue weighted by Crippen LogP contribution is 2.25. The second kappa shape index (κ2) is 6.72. The number of sulfonamides is 1. The summed E-state index contributed by atoms with van der Waals surface area (Å²) in [6, 6.07) is 8.46. The third kappa shape index (κ3) is 3.56. The van der Waals surface area contributed by atoms with E-state index in [1.165, 1.54) is 0 Å². The van der Waals surface area contributed by atoms with E-state index in [0.717, 1.165) is 19.4 Å².